The minimum absolute atomic E-state index is 0.889. The first-order valence-corrected chi connectivity index (χ1v) is 18.4. The molecule has 1 aliphatic rings. The van der Waals surface area contributed by atoms with Crippen molar-refractivity contribution in [2.45, 2.75) is 9.79 Å². The van der Waals surface area contributed by atoms with E-state index in [1.807, 2.05) is 0 Å². The summed E-state index contributed by atoms with van der Waals surface area (Å²) in [5.41, 5.74) is 11.8. The van der Waals surface area contributed by atoms with Crippen molar-refractivity contribution < 1.29 is 4.74 Å². The summed E-state index contributed by atoms with van der Waals surface area (Å²) in [6.07, 6.45) is 0. The zero-order chi connectivity index (χ0) is 34.2. The highest BCUT2D eigenvalue weighted by Gasteiger charge is 2.21. The maximum Gasteiger partial charge on any atom is 0.142 e. The van der Waals surface area contributed by atoms with Gasteiger partial charge in [0.2, 0.25) is 0 Å². The van der Waals surface area contributed by atoms with Crippen LogP contribution in [0.1, 0.15) is 0 Å². The van der Waals surface area contributed by atoms with Gasteiger partial charge < -0.3 is 13.9 Å². The summed E-state index contributed by atoms with van der Waals surface area (Å²) >= 11 is 1.77. The maximum absolute atomic E-state index is 6.71. The summed E-state index contributed by atoms with van der Waals surface area (Å²) in [6.45, 7) is 0. The van der Waals surface area contributed by atoms with Crippen LogP contribution in [0.3, 0.4) is 0 Å². The van der Waals surface area contributed by atoms with Gasteiger partial charge in [-0.1, -0.05) is 109 Å². The van der Waals surface area contributed by atoms with Crippen molar-refractivity contribution in [2.75, 3.05) is 0 Å². The van der Waals surface area contributed by atoms with Gasteiger partial charge in [-0.15, -0.1) is 0 Å². The predicted molar refractivity (Wildman–Crippen MR) is 217 cm³/mol. The van der Waals surface area contributed by atoms with Crippen LogP contribution in [-0.4, -0.2) is 9.13 Å². The molecule has 8 aromatic carbocycles. The fraction of sp³-hybridized carbons (Fsp3) is 0. The molecule has 2 aromatic heterocycles. The zero-order valence-corrected chi connectivity index (χ0v) is 28.8. The van der Waals surface area contributed by atoms with E-state index in [1.54, 1.807) is 11.8 Å². The first kappa shape index (κ1) is 29.3. The van der Waals surface area contributed by atoms with E-state index < -0.39 is 0 Å². The Hall–Kier alpha value is -6.49. The van der Waals surface area contributed by atoms with E-state index >= 15 is 0 Å². The molecule has 0 atom stereocenters. The average Bonchev–Trinajstić information content (AvgIpc) is 3.72. The lowest BCUT2D eigenvalue weighted by Gasteiger charge is -2.21. The number of fused-ring (bicyclic) bond motifs is 8. The number of rotatable bonds is 4. The molecule has 0 fully saturated rings. The Kier molecular flexibility index (Phi) is 6.48. The predicted octanol–water partition coefficient (Wildman–Crippen LogP) is 13.5. The van der Waals surface area contributed by atoms with Gasteiger partial charge in [0.15, 0.2) is 0 Å². The number of para-hydroxylation sites is 4. The van der Waals surface area contributed by atoms with Crippen molar-refractivity contribution in [1.82, 2.24) is 9.13 Å². The molecule has 4 heteroatoms. The number of hydrogen-bond acceptors (Lipinski definition) is 2. The molecule has 11 rings (SSSR count). The van der Waals surface area contributed by atoms with E-state index in [0.717, 1.165) is 43.8 Å². The second-order valence-electron chi connectivity index (χ2n) is 13.4. The van der Waals surface area contributed by atoms with Crippen LogP contribution in [-0.2, 0) is 0 Å². The van der Waals surface area contributed by atoms with Crippen molar-refractivity contribution >= 4 is 55.4 Å². The fourth-order valence-electron chi connectivity index (χ4n) is 7.96. The molecule has 0 N–H and O–H groups in total. The van der Waals surface area contributed by atoms with Gasteiger partial charge in [0.1, 0.15) is 11.5 Å². The van der Waals surface area contributed by atoms with E-state index in [0.29, 0.717) is 0 Å². The van der Waals surface area contributed by atoms with E-state index in [4.69, 9.17) is 4.74 Å². The lowest BCUT2D eigenvalue weighted by atomic mass is 10.0. The van der Waals surface area contributed by atoms with Crippen LogP contribution in [0.15, 0.2) is 192 Å². The Labute approximate surface area is 305 Å². The molecule has 3 nitrogen and oxygen atoms in total. The van der Waals surface area contributed by atoms with Gasteiger partial charge in [0.25, 0.3) is 0 Å². The summed E-state index contributed by atoms with van der Waals surface area (Å²) in [7, 11) is 0. The molecule has 52 heavy (non-hydrogen) atoms. The lowest BCUT2D eigenvalue weighted by Crippen LogP contribution is -1.96. The van der Waals surface area contributed by atoms with Crippen LogP contribution < -0.4 is 4.74 Å². The zero-order valence-electron chi connectivity index (χ0n) is 28.0. The van der Waals surface area contributed by atoms with Crippen molar-refractivity contribution in [3.05, 3.63) is 182 Å². The molecule has 10 aromatic rings. The van der Waals surface area contributed by atoms with Gasteiger partial charge in [-0.2, -0.15) is 0 Å². The van der Waals surface area contributed by atoms with Crippen molar-refractivity contribution in [3.8, 4) is 45.1 Å². The van der Waals surface area contributed by atoms with Gasteiger partial charge >= 0.3 is 0 Å². The first-order chi connectivity index (χ1) is 25.8. The topological polar surface area (TPSA) is 19.1 Å². The van der Waals surface area contributed by atoms with E-state index in [9.17, 15) is 0 Å². The van der Waals surface area contributed by atoms with Gasteiger partial charge in [0, 0.05) is 32.9 Å². The van der Waals surface area contributed by atoms with Crippen LogP contribution in [0.5, 0.6) is 11.5 Å². The Morgan fingerprint density at radius 1 is 0.327 bits per heavy atom. The number of hydrogen-bond donors (Lipinski definition) is 0. The third kappa shape index (κ3) is 4.55. The third-order valence-electron chi connectivity index (χ3n) is 10.4. The van der Waals surface area contributed by atoms with E-state index in [-0.39, 0.29) is 0 Å². The van der Waals surface area contributed by atoms with Crippen LogP contribution >= 0.6 is 11.8 Å². The lowest BCUT2D eigenvalue weighted by molar-refractivity contribution is 0.455. The normalized spacial score (nSPS) is 12.3. The maximum atomic E-state index is 6.71. The molecule has 0 saturated carbocycles. The third-order valence-corrected chi connectivity index (χ3v) is 11.5. The smallest absolute Gasteiger partial charge is 0.142 e. The minimum Gasteiger partial charge on any atom is -0.455 e. The molecular formula is C48H30N2OS. The highest BCUT2D eigenvalue weighted by atomic mass is 32.2. The highest BCUT2D eigenvalue weighted by Crippen LogP contribution is 2.49. The minimum atomic E-state index is 0.889. The standard InChI is InChI=1S/C48H30N2OS/c1-3-11-35(12-4-1)49-41-17-9-7-15-37(41)39-27-31(19-23-43(39)49)33-21-25-47-45(29-33)51-46-30-34(22-26-48(46)52-47)32-20-24-44-40(28-32)38-16-8-10-18-42(38)50(44)36-13-5-2-6-14-36/h1-30H. The van der Waals surface area contributed by atoms with E-state index in [1.165, 1.54) is 54.7 Å². The molecule has 244 valence electrons. The first-order valence-electron chi connectivity index (χ1n) is 17.6. The molecular weight excluding hydrogens is 653 g/mol. The number of ether oxygens (including phenoxy) is 1. The molecule has 0 unspecified atom stereocenters. The van der Waals surface area contributed by atoms with E-state index in [2.05, 4.69) is 191 Å². The van der Waals surface area contributed by atoms with Crippen LogP contribution in [0.25, 0.3) is 77.2 Å². The van der Waals surface area contributed by atoms with Crippen molar-refractivity contribution in [1.29, 1.82) is 0 Å². The quantitative estimate of drug-likeness (QED) is 0.184. The number of benzene rings is 8. The van der Waals surface area contributed by atoms with Gasteiger partial charge in [-0.05, 0) is 107 Å². The molecule has 0 spiro atoms. The van der Waals surface area contributed by atoms with Crippen LogP contribution in [0.2, 0.25) is 0 Å². The van der Waals surface area contributed by atoms with Gasteiger partial charge in [0.05, 0.1) is 31.9 Å². The SMILES string of the molecule is c1ccc(-n2c3ccccc3c3cc(-c4ccc5c(c4)Oc4cc(-c6ccc7c(c6)c6ccccc6n7-c6ccccc6)ccc4S5)ccc32)cc1. The second-order valence-corrected chi connectivity index (χ2v) is 14.5. The molecule has 3 heterocycles. The largest absolute Gasteiger partial charge is 0.455 e. The van der Waals surface area contributed by atoms with Gasteiger partial charge in [-0.3, -0.25) is 0 Å². The summed E-state index contributed by atoms with van der Waals surface area (Å²) in [4.78, 5) is 2.25. The second kappa shape index (κ2) is 11.5. The Morgan fingerprint density at radius 3 is 1.19 bits per heavy atom. The number of nitrogens with zero attached hydrogens (tertiary/aromatic N) is 2. The summed E-state index contributed by atoms with van der Waals surface area (Å²) < 4.78 is 11.4. The molecule has 0 bridgehead atoms. The van der Waals surface area contributed by atoms with Crippen molar-refractivity contribution in [2.24, 2.45) is 0 Å². The molecule has 0 amide bonds. The molecule has 0 aliphatic carbocycles. The average molecular weight is 683 g/mol. The number of aromatic nitrogens is 2. The Morgan fingerprint density at radius 2 is 0.712 bits per heavy atom. The Bertz CT molecular complexity index is 2810. The van der Waals surface area contributed by atoms with Crippen LogP contribution in [0, 0.1) is 0 Å². The fourth-order valence-corrected chi connectivity index (χ4v) is 8.87. The summed E-state index contributed by atoms with van der Waals surface area (Å²) in [5.74, 6) is 1.78. The Balaban J connectivity index is 0.960. The van der Waals surface area contributed by atoms with Crippen molar-refractivity contribution in [3.63, 3.8) is 0 Å². The monoisotopic (exact) mass is 682 g/mol. The summed E-state index contributed by atoms with van der Waals surface area (Å²) in [6, 6.07) is 65.4. The highest BCUT2D eigenvalue weighted by molar-refractivity contribution is 7.99. The molecule has 0 radical (unpaired) electrons. The van der Waals surface area contributed by atoms with Gasteiger partial charge in [-0.25, -0.2) is 0 Å². The molecule has 1 aliphatic heterocycles. The van der Waals surface area contributed by atoms with Crippen LogP contribution in [0.4, 0.5) is 0 Å². The summed E-state index contributed by atoms with van der Waals surface area (Å²) in [5, 5.41) is 4.97. The molecule has 0 saturated heterocycles.